The third-order valence-corrected chi connectivity index (χ3v) is 3.87. The number of benzene rings is 1. The first-order valence-electron chi connectivity index (χ1n) is 8.19. The Morgan fingerprint density at radius 1 is 1.23 bits per heavy atom. The van der Waals surface area contributed by atoms with Crippen LogP contribution >= 0.6 is 0 Å². The van der Waals surface area contributed by atoms with Gasteiger partial charge in [-0.2, -0.15) is 15.0 Å². The molecule has 26 heavy (non-hydrogen) atoms. The van der Waals surface area contributed by atoms with E-state index in [1.54, 1.807) is 17.9 Å². The fourth-order valence-corrected chi connectivity index (χ4v) is 2.64. The fourth-order valence-electron chi connectivity index (χ4n) is 2.64. The second-order valence-corrected chi connectivity index (χ2v) is 5.84. The average molecular weight is 351 g/mol. The van der Waals surface area contributed by atoms with E-state index in [9.17, 15) is 4.79 Å². The summed E-state index contributed by atoms with van der Waals surface area (Å²) in [6.45, 7) is 2.09. The maximum atomic E-state index is 12.1. The Labute approximate surface area is 148 Å². The number of carbonyl (C=O) groups excluding carboxylic acids is 1. The van der Waals surface area contributed by atoms with Crippen molar-refractivity contribution < 1.29 is 9.21 Å². The number of rotatable bonds is 5. The Morgan fingerprint density at radius 3 is 2.88 bits per heavy atom. The largest absolute Gasteiger partial charge is 0.441 e. The Bertz CT molecular complexity index is 1080. The number of anilines is 1. The van der Waals surface area contributed by atoms with Gasteiger partial charge in [0.1, 0.15) is 12.1 Å². The number of carbonyl (C=O) groups is 1. The van der Waals surface area contributed by atoms with Crippen molar-refractivity contribution in [3.63, 3.8) is 0 Å². The molecule has 0 atom stereocenters. The van der Waals surface area contributed by atoms with Gasteiger partial charge in [0.2, 0.25) is 5.91 Å². The summed E-state index contributed by atoms with van der Waals surface area (Å²) in [5.41, 5.74) is 3.45. The van der Waals surface area contributed by atoms with E-state index in [-0.39, 0.29) is 12.5 Å². The molecule has 1 amide bonds. The van der Waals surface area contributed by atoms with Crippen LogP contribution in [0, 0.1) is 0 Å². The third-order valence-electron chi connectivity index (χ3n) is 3.87. The van der Waals surface area contributed by atoms with Crippen molar-refractivity contribution in [1.82, 2.24) is 29.8 Å². The van der Waals surface area contributed by atoms with Crippen molar-refractivity contribution in [3.05, 3.63) is 42.7 Å². The molecule has 0 fully saturated rings. The summed E-state index contributed by atoms with van der Waals surface area (Å²) in [6.07, 6.45) is 5.78. The van der Waals surface area contributed by atoms with Crippen LogP contribution in [0.15, 0.2) is 41.2 Å². The van der Waals surface area contributed by atoms with Crippen LogP contribution in [0.4, 0.5) is 5.82 Å². The highest BCUT2D eigenvalue weighted by molar-refractivity contribution is 5.89. The van der Waals surface area contributed by atoms with Gasteiger partial charge in [-0.05, 0) is 17.7 Å². The van der Waals surface area contributed by atoms with E-state index in [0.29, 0.717) is 11.7 Å². The highest BCUT2D eigenvalue weighted by Gasteiger charge is 2.10. The number of hydrogen-bond donors (Lipinski definition) is 1. The zero-order valence-corrected chi connectivity index (χ0v) is 14.4. The lowest BCUT2D eigenvalue weighted by Gasteiger charge is -2.01. The summed E-state index contributed by atoms with van der Waals surface area (Å²) in [5.74, 6) is 0.904. The van der Waals surface area contributed by atoms with Crippen molar-refractivity contribution in [2.45, 2.75) is 19.9 Å². The molecule has 0 aliphatic carbocycles. The summed E-state index contributed by atoms with van der Waals surface area (Å²) in [7, 11) is 1.69. The van der Waals surface area contributed by atoms with E-state index in [1.807, 2.05) is 31.3 Å². The van der Waals surface area contributed by atoms with Crippen LogP contribution in [0.3, 0.4) is 0 Å². The van der Waals surface area contributed by atoms with Gasteiger partial charge in [-0.15, -0.1) is 5.10 Å². The van der Waals surface area contributed by atoms with Gasteiger partial charge in [0.05, 0.1) is 12.4 Å². The van der Waals surface area contributed by atoms with Gasteiger partial charge in [-0.1, -0.05) is 13.0 Å². The smallest absolute Gasteiger partial charge is 0.247 e. The molecule has 132 valence electrons. The molecule has 0 spiro atoms. The maximum Gasteiger partial charge on any atom is 0.247 e. The Morgan fingerprint density at radius 2 is 2.12 bits per heavy atom. The molecule has 4 aromatic rings. The first kappa shape index (κ1) is 16.0. The van der Waals surface area contributed by atoms with Crippen LogP contribution in [0.25, 0.3) is 22.2 Å². The Kier molecular flexibility index (Phi) is 3.96. The number of fused-ring (bicyclic) bond motifs is 1. The molecule has 0 saturated carbocycles. The highest BCUT2D eigenvalue weighted by Crippen LogP contribution is 2.24. The van der Waals surface area contributed by atoms with Crippen molar-refractivity contribution in [2.24, 2.45) is 7.05 Å². The summed E-state index contributed by atoms with van der Waals surface area (Å²) < 4.78 is 7.20. The predicted molar refractivity (Wildman–Crippen MR) is 94.2 cm³/mol. The highest BCUT2D eigenvalue weighted by atomic mass is 16.3. The van der Waals surface area contributed by atoms with Gasteiger partial charge in [-0.3, -0.25) is 9.48 Å². The van der Waals surface area contributed by atoms with Crippen LogP contribution < -0.4 is 5.32 Å². The quantitative estimate of drug-likeness (QED) is 0.590. The first-order valence-corrected chi connectivity index (χ1v) is 8.19. The number of nitrogens with one attached hydrogen (secondary N) is 1. The minimum Gasteiger partial charge on any atom is -0.441 e. The molecular weight excluding hydrogens is 334 g/mol. The minimum absolute atomic E-state index is 0.0861. The van der Waals surface area contributed by atoms with Crippen molar-refractivity contribution in [3.8, 4) is 11.1 Å². The number of hydrogen-bond acceptors (Lipinski definition) is 6. The van der Waals surface area contributed by atoms with Gasteiger partial charge in [-0.25, -0.2) is 4.98 Å². The molecule has 0 aliphatic heterocycles. The molecule has 0 bridgehead atoms. The van der Waals surface area contributed by atoms with Gasteiger partial charge in [0.15, 0.2) is 17.3 Å². The zero-order chi connectivity index (χ0) is 18.1. The zero-order valence-electron chi connectivity index (χ0n) is 14.4. The summed E-state index contributed by atoms with van der Waals surface area (Å²) in [5, 5.41) is 14.8. The molecule has 9 nitrogen and oxygen atoms in total. The standard InChI is InChI=1S/C17H17N7O2/c1-3-17-20-13-6-11(4-5-14(13)26-17)12-7-19-24(9-12)10-16(25)21-15-8-18-23(2)22-15/h4-9H,3,10H2,1-2H3,(H,21,22,25). The molecule has 0 aliphatic rings. The molecule has 1 N–H and O–H groups in total. The number of aromatic nitrogens is 6. The lowest BCUT2D eigenvalue weighted by molar-refractivity contribution is -0.116. The van der Waals surface area contributed by atoms with E-state index < -0.39 is 0 Å². The molecule has 3 heterocycles. The topological polar surface area (TPSA) is 104 Å². The second-order valence-electron chi connectivity index (χ2n) is 5.84. The number of oxazole rings is 1. The van der Waals surface area contributed by atoms with Gasteiger partial charge in [0.25, 0.3) is 0 Å². The van der Waals surface area contributed by atoms with E-state index in [4.69, 9.17) is 4.42 Å². The number of aryl methyl sites for hydroxylation is 2. The average Bonchev–Trinajstić information content (AvgIpc) is 3.33. The first-order chi connectivity index (χ1) is 12.6. The van der Waals surface area contributed by atoms with Crippen molar-refractivity contribution in [1.29, 1.82) is 0 Å². The predicted octanol–water partition coefficient (Wildman–Crippen LogP) is 2.02. The normalized spacial score (nSPS) is 11.2. The van der Waals surface area contributed by atoms with Crippen LogP contribution in [0.1, 0.15) is 12.8 Å². The molecule has 9 heteroatoms. The van der Waals surface area contributed by atoms with Crippen LogP contribution in [0.5, 0.6) is 0 Å². The fraction of sp³-hybridized carbons (Fsp3) is 0.235. The summed E-state index contributed by atoms with van der Waals surface area (Å²) in [6, 6.07) is 5.81. The van der Waals surface area contributed by atoms with E-state index in [0.717, 1.165) is 28.6 Å². The molecule has 0 saturated heterocycles. The van der Waals surface area contributed by atoms with Gasteiger partial charge >= 0.3 is 0 Å². The third kappa shape index (κ3) is 3.18. The van der Waals surface area contributed by atoms with Crippen LogP contribution in [0.2, 0.25) is 0 Å². The summed E-state index contributed by atoms with van der Waals surface area (Å²) in [4.78, 5) is 17.9. The number of amides is 1. The maximum absolute atomic E-state index is 12.1. The molecule has 0 unspecified atom stereocenters. The van der Waals surface area contributed by atoms with Crippen molar-refractivity contribution >= 4 is 22.8 Å². The lowest BCUT2D eigenvalue weighted by Crippen LogP contribution is -2.19. The molecular formula is C17H17N7O2. The number of nitrogens with zero attached hydrogens (tertiary/aromatic N) is 6. The molecule has 0 radical (unpaired) electrons. The summed E-state index contributed by atoms with van der Waals surface area (Å²) >= 11 is 0. The van der Waals surface area contributed by atoms with Gasteiger partial charge in [0, 0.05) is 25.2 Å². The monoisotopic (exact) mass is 351 g/mol. The Balaban J connectivity index is 1.49. The molecule has 3 aromatic heterocycles. The Hall–Kier alpha value is -3.49. The van der Waals surface area contributed by atoms with Crippen molar-refractivity contribution in [2.75, 3.05) is 5.32 Å². The van der Waals surface area contributed by atoms with Gasteiger partial charge < -0.3 is 9.73 Å². The van der Waals surface area contributed by atoms with E-state index in [2.05, 4.69) is 25.6 Å². The van der Waals surface area contributed by atoms with E-state index >= 15 is 0 Å². The van der Waals surface area contributed by atoms with Crippen LogP contribution in [-0.4, -0.2) is 35.7 Å². The minimum atomic E-state index is -0.223. The molecule has 1 aromatic carbocycles. The van der Waals surface area contributed by atoms with E-state index in [1.165, 1.54) is 11.0 Å². The second kappa shape index (κ2) is 6.43. The SMILES string of the molecule is CCc1nc2cc(-c3cnn(CC(=O)Nc4cnn(C)n4)c3)ccc2o1. The molecule has 4 rings (SSSR count). The lowest BCUT2D eigenvalue weighted by atomic mass is 10.1. The van der Waals surface area contributed by atoms with Crippen LogP contribution in [-0.2, 0) is 24.8 Å².